The molecule has 0 saturated carbocycles. The summed E-state index contributed by atoms with van der Waals surface area (Å²) in [6.45, 7) is 10.8. The Bertz CT molecular complexity index is 811. The summed E-state index contributed by atoms with van der Waals surface area (Å²) in [4.78, 5) is 0. The molecule has 0 aliphatic heterocycles. The third-order valence-electron chi connectivity index (χ3n) is 6.05. The Kier molecular flexibility index (Phi) is 8.90. The van der Waals surface area contributed by atoms with Crippen LogP contribution in [0.4, 0.5) is 0 Å². The zero-order valence-electron chi connectivity index (χ0n) is 19.1. The molecule has 0 radical (unpaired) electrons. The van der Waals surface area contributed by atoms with Crippen LogP contribution in [0, 0.1) is 5.92 Å². The lowest BCUT2D eigenvalue weighted by molar-refractivity contribution is 0.0697. The molecule has 0 amide bonds. The van der Waals surface area contributed by atoms with Gasteiger partial charge in [-0.3, -0.25) is 0 Å². The molecular weight excluding hydrogens is 376 g/mol. The van der Waals surface area contributed by atoms with E-state index < -0.39 is 6.10 Å². The van der Waals surface area contributed by atoms with E-state index in [1.54, 1.807) is 0 Å². The van der Waals surface area contributed by atoms with Crippen molar-refractivity contribution in [3.63, 3.8) is 0 Å². The van der Waals surface area contributed by atoms with Crippen molar-refractivity contribution in [2.24, 2.45) is 5.92 Å². The Morgan fingerprint density at radius 1 is 0.933 bits per heavy atom. The average Bonchev–Trinajstić information content (AvgIpc) is 2.75. The molecule has 4 nitrogen and oxygen atoms in total. The monoisotopic (exact) mass is 414 g/mol. The first-order valence-corrected chi connectivity index (χ1v) is 11.0. The number of benzene rings is 2. The fraction of sp³-hybridized carbons (Fsp3) is 0.538. The average molecular weight is 415 g/mol. The molecule has 0 spiro atoms. The second-order valence-corrected chi connectivity index (χ2v) is 9.10. The van der Waals surface area contributed by atoms with Crippen molar-refractivity contribution < 1.29 is 20.1 Å². The van der Waals surface area contributed by atoms with Crippen LogP contribution in [0.5, 0.6) is 5.75 Å². The summed E-state index contributed by atoms with van der Waals surface area (Å²) in [5.41, 5.74) is 5.16. The third-order valence-corrected chi connectivity index (χ3v) is 6.05. The molecule has 2 aromatic rings. The van der Waals surface area contributed by atoms with Gasteiger partial charge in [0.25, 0.3) is 0 Å². The van der Waals surface area contributed by atoms with Gasteiger partial charge in [0.2, 0.25) is 0 Å². The lowest BCUT2D eigenvalue weighted by Gasteiger charge is -2.27. The molecule has 4 heteroatoms. The highest BCUT2D eigenvalue weighted by atomic mass is 16.5. The van der Waals surface area contributed by atoms with Crippen LogP contribution < -0.4 is 4.74 Å². The van der Waals surface area contributed by atoms with Crippen LogP contribution in [0.25, 0.3) is 0 Å². The molecule has 2 aromatic carbocycles. The van der Waals surface area contributed by atoms with E-state index in [9.17, 15) is 15.3 Å². The largest absolute Gasteiger partial charge is 0.491 e. The maximum atomic E-state index is 10.0. The Labute approximate surface area is 181 Å². The summed E-state index contributed by atoms with van der Waals surface area (Å²) in [5.74, 6) is 1.02. The number of aliphatic hydroxyl groups is 3. The van der Waals surface area contributed by atoms with Gasteiger partial charge in [0.15, 0.2) is 0 Å². The van der Waals surface area contributed by atoms with E-state index in [0.29, 0.717) is 6.61 Å². The first-order chi connectivity index (χ1) is 14.2. The highest BCUT2D eigenvalue weighted by Crippen LogP contribution is 2.33. The fourth-order valence-corrected chi connectivity index (χ4v) is 3.52. The van der Waals surface area contributed by atoms with E-state index in [1.807, 2.05) is 38.1 Å². The van der Waals surface area contributed by atoms with Gasteiger partial charge in [-0.15, -0.1) is 0 Å². The number of ether oxygens (including phenoxy) is 1. The zero-order chi connectivity index (χ0) is 22.3. The van der Waals surface area contributed by atoms with Crippen LogP contribution in [-0.4, -0.2) is 28.0 Å². The van der Waals surface area contributed by atoms with Crippen LogP contribution in [0.1, 0.15) is 68.9 Å². The molecule has 0 fully saturated rings. The molecule has 166 valence electrons. The van der Waals surface area contributed by atoms with Crippen molar-refractivity contribution in [1.82, 2.24) is 0 Å². The predicted octanol–water partition coefficient (Wildman–Crippen LogP) is 4.54. The second kappa shape index (κ2) is 10.9. The van der Waals surface area contributed by atoms with Crippen molar-refractivity contribution in [2.75, 3.05) is 6.61 Å². The van der Waals surface area contributed by atoms with Crippen LogP contribution in [0.15, 0.2) is 36.4 Å². The first kappa shape index (κ1) is 24.4. The minimum atomic E-state index is -0.466. The molecule has 30 heavy (non-hydrogen) atoms. The topological polar surface area (TPSA) is 69.9 Å². The lowest BCUT2D eigenvalue weighted by Crippen LogP contribution is -2.24. The van der Waals surface area contributed by atoms with Gasteiger partial charge in [0.1, 0.15) is 12.4 Å². The molecule has 0 heterocycles. The number of hydrogen-bond acceptors (Lipinski definition) is 4. The summed E-state index contributed by atoms with van der Waals surface area (Å²) in [6.07, 6.45) is 2.27. The predicted molar refractivity (Wildman–Crippen MR) is 122 cm³/mol. The summed E-state index contributed by atoms with van der Waals surface area (Å²) in [6, 6.07) is 12.3. The quantitative estimate of drug-likeness (QED) is 0.505. The van der Waals surface area contributed by atoms with E-state index in [-0.39, 0.29) is 24.5 Å². The number of aryl methyl sites for hydroxylation is 2. The number of hydrogen-bond donors (Lipinski definition) is 3. The second-order valence-electron chi connectivity index (χ2n) is 9.10. The molecule has 0 bridgehead atoms. The molecule has 1 atom stereocenters. The maximum Gasteiger partial charge on any atom is 0.122 e. The summed E-state index contributed by atoms with van der Waals surface area (Å²) < 4.78 is 5.90. The molecular formula is C26H38O4. The highest BCUT2D eigenvalue weighted by molar-refractivity contribution is 5.40. The molecule has 1 unspecified atom stereocenters. The fourth-order valence-electron chi connectivity index (χ4n) is 3.52. The highest BCUT2D eigenvalue weighted by Gasteiger charge is 2.22. The summed E-state index contributed by atoms with van der Waals surface area (Å²) >= 11 is 0. The van der Waals surface area contributed by atoms with E-state index in [2.05, 4.69) is 32.9 Å². The Balaban J connectivity index is 2.11. The first-order valence-electron chi connectivity index (χ1n) is 11.0. The SMILES string of the molecule is CCc1cc(C(C)(C)CCc2ccc(CO)c(CO)c2)ccc1OCC(O)C(C)C. The number of rotatable bonds is 11. The van der Waals surface area contributed by atoms with Gasteiger partial charge in [-0.2, -0.15) is 0 Å². The van der Waals surface area contributed by atoms with Crippen LogP contribution in [0.2, 0.25) is 0 Å². The lowest BCUT2D eigenvalue weighted by atomic mass is 9.78. The summed E-state index contributed by atoms with van der Waals surface area (Å²) in [7, 11) is 0. The number of aliphatic hydroxyl groups excluding tert-OH is 3. The van der Waals surface area contributed by atoms with Crippen molar-refractivity contribution in [3.8, 4) is 5.75 Å². The van der Waals surface area contributed by atoms with E-state index >= 15 is 0 Å². The molecule has 0 aliphatic rings. The van der Waals surface area contributed by atoms with Crippen LogP contribution in [0.3, 0.4) is 0 Å². The smallest absolute Gasteiger partial charge is 0.122 e. The molecule has 3 N–H and O–H groups in total. The van der Waals surface area contributed by atoms with Crippen LogP contribution in [-0.2, 0) is 31.5 Å². The van der Waals surface area contributed by atoms with Crippen molar-refractivity contribution in [2.45, 2.75) is 78.6 Å². The molecule has 0 saturated heterocycles. The maximum absolute atomic E-state index is 10.0. The summed E-state index contributed by atoms with van der Waals surface area (Å²) in [5, 5.41) is 28.9. The minimum absolute atomic E-state index is 0.0189. The third kappa shape index (κ3) is 6.31. The molecule has 0 aromatic heterocycles. The van der Waals surface area contributed by atoms with Gasteiger partial charge in [-0.1, -0.05) is 65.0 Å². The minimum Gasteiger partial charge on any atom is -0.491 e. The van der Waals surface area contributed by atoms with Gasteiger partial charge in [0.05, 0.1) is 19.3 Å². The van der Waals surface area contributed by atoms with Gasteiger partial charge in [-0.25, -0.2) is 0 Å². The van der Waals surface area contributed by atoms with Crippen molar-refractivity contribution in [1.29, 1.82) is 0 Å². The molecule has 0 aliphatic carbocycles. The van der Waals surface area contributed by atoms with E-state index in [4.69, 9.17) is 4.74 Å². The van der Waals surface area contributed by atoms with Crippen LogP contribution >= 0.6 is 0 Å². The normalized spacial score (nSPS) is 13.0. The van der Waals surface area contributed by atoms with Gasteiger partial charge < -0.3 is 20.1 Å². The van der Waals surface area contributed by atoms with Gasteiger partial charge >= 0.3 is 0 Å². The Morgan fingerprint density at radius 3 is 2.23 bits per heavy atom. The van der Waals surface area contributed by atoms with Crippen molar-refractivity contribution in [3.05, 3.63) is 64.2 Å². The van der Waals surface area contributed by atoms with Gasteiger partial charge in [0, 0.05) is 0 Å². The van der Waals surface area contributed by atoms with E-state index in [1.165, 1.54) is 11.1 Å². The van der Waals surface area contributed by atoms with E-state index in [0.717, 1.165) is 41.7 Å². The Hall–Kier alpha value is -1.88. The van der Waals surface area contributed by atoms with Crippen molar-refractivity contribution >= 4 is 0 Å². The Morgan fingerprint density at radius 2 is 1.63 bits per heavy atom. The molecule has 2 rings (SSSR count). The van der Waals surface area contributed by atoms with Gasteiger partial charge in [-0.05, 0) is 64.5 Å². The standard InChI is InChI=1S/C26H38O4/c1-6-20-14-23(9-10-25(20)30-17-24(29)18(2)3)26(4,5)12-11-19-7-8-21(15-27)22(13-19)16-28/h7-10,13-14,18,24,27-29H,6,11-12,15-17H2,1-5H3. The zero-order valence-corrected chi connectivity index (χ0v) is 19.1.